The van der Waals surface area contributed by atoms with Gasteiger partial charge in [-0.2, -0.15) is 0 Å². The molecule has 10 heteroatoms. The first kappa shape index (κ1) is 50.7. The third-order valence-corrected chi connectivity index (χ3v) is 10.7. The summed E-state index contributed by atoms with van der Waals surface area (Å²) in [6.07, 6.45) is 28.3. The zero-order chi connectivity index (χ0) is 39.5. The molecular weight excluding hydrogens is 688 g/mol. The number of hydrogen-bond acceptors (Lipinski definition) is 10. The quantitative estimate of drug-likeness (QED) is 0.0353. The van der Waals surface area contributed by atoms with Gasteiger partial charge >= 0.3 is 11.9 Å². The highest BCUT2D eigenvalue weighted by atomic mass is 16.7. The molecule has 0 aromatic carbocycles. The van der Waals surface area contributed by atoms with Crippen molar-refractivity contribution in [1.82, 2.24) is 0 Å². The van der Waals surface area contributed by atoms with Crippen molar-refractivity contribution in [1.29, 1.82) is 0 Å². The highest BCUT2D eigenvalue weighted by Gasteiger charge is 2.44. The topological polar surface area (TPSA) is 152 Å². The molecule has 6 unspecified atom stereocenters. The minimum Gasteiger partial charge on any atom is -0.462 e. The van der Waals surface area contributed by atoms with E-state index in [1.807, 2.05) is 0 Å². The van der Waals surface area contributed by atoms with Crippen LogP contribution in [0.2, 0.25) is 0 Å². The van der Waals surface area contributed by atoms with Crippen LogP contribution in [0.15, 0.2) is 0 Å². The molecule has 4 N–H and O–H groups in total. The number of aliphatic hydroxyl groups excluding tert-OH is 4. The van der Waals surface area contributed by atoms with Gasteiger partial charge in [-0.15, -0.1) is 0 Å². The SMILES string of the molecule is CCCCCCCCCCCCCCCCCCCCC(=O)OC(COC(=O)CCCCCCCCCCCCC)COC1OC(CO)C(O)C(O)C1O. The van der Waals surface area contributed by atoms with Crippen LogP contribution < -0.4 is 0 Å². The Hall–Kier alpha value is -1.30. The number of unbranched alkanes of at least 4 members (excludes halogenated alkanes) is 27. The molecule has 1 heterocycles. The molecule has 1 fully saturated rings. The van der Waals surface area contributed by atoms with Crippen molar-refractivity contribution in [2.45, 2.75) is 250 Å². The molecule has 1 aliphatic heterocycles. The summed E-state index contributed by atoms with van der Waals surface area (Å²) >= 11 is 0. The maximum Gasteiger partial charge on any atom is 0.306 e. The largest absolute Gasteiger partial charge is 0.462 e. The van der Waals surface area contributed by atoms with Crippen LogP contribution in [0.1, 0.15) is 213 Å². The predicted octanol–water partition coefficient (Wildman–Crippen LogP) is 9.39. The normalized spacial score (nSPS) is 20.6. The van der Waals surface area contributed by atoms with E-state index in [4.69, 9.17) is 18.9 Å². The van der Waals surface area contributed by atoms with Crippen molar-refractivity contribution in [2.75, 3.05) is 19.8 Å². The highest BCUT2D eigenvalue weighted by Crippen LogP contribution is 2.23. The van der Waals surface area contributed by atoms with Gasteiger partial charge < -0.3 is 39.4 Å². The highest BCUT2D eigenvalue weighted by molar-refractivity contribution is 5.70. The monoisotopic (exact) mass is 773 g/mol. The zero-order valence-electron chi connectivity index (χ0n) is 34.7. The second kappa shape index (κ2) is 36.1. The Kier molecular flexibility index (Phi) is 33.9. The summed E-state index contributed by atoms with van der Waals surface area (Å²) in [6, 6.07) is 0. The van der Waals surface area contributed by atoms with Crippen LogP contribution in [-0.4, -0.2) is 89.0 Å². The summed E-state index contributed by atoms with van der Waals surface area (Å²) in [5.74, 6) is -0.793. The van der Waals surface area contributed by atoms with Gasteiger partial charge in [0.1, 0.15) is 31.0 Å². The van der Waals surface area contributed by atoms with E-state index < -0.39 is 49.4 Å². The molecule has 1 aliphatic rings. The molecule has 0 amide bonds. The first-order valence-corrected chi connectivity index (χ1v) is 22.6. The van der Waals surface area contributed by atoms with Gasteiger partial charge in [0.25, 0.3) is 0 Å². The van der Waals surface area contributed by atoms with Gasteiger partial charge in [-0.05, 0) is 12.8 Å². The molecule has 0 aromatic heterocycles. The third kappa shape index (κ3) is 27.3. The third-order valence-electron chi connectivity index (χ3n) is 10.7. The van der Waals surface area contributed by atoms with Crippen LogP contribution in [0.4, 0.5) is 0 Å². The molecule has 320 valence electrons. The van der Waals surface area contributed by atoms with E-state index >= 15 is 0 Å². The number of carbonyl (C=O) groups excluding carboxylic acids is 2. The standard InChI is InChI=1S/C44H84O10/c1-3-5-7-9-11-13-15-16-17-18-19-20-21-23-25-27-29-31-33-40(47)53-37(36-52-44-43(50)42(49)41(48)38(34-45)54-44)35-51-39(46)32-30-28-26-24-22-14-12-10-8-6-4-2/h37-38,41-45,48-50H,3-36H2,1-2H3. The van der Waals surface area contributed by atoms with Gasteiger partial charge in [0.05, 0.1) is 13.2 Å². The maximum absolute atomic E-state index is 12.8. The Morgan fingerprint density at radius 3 is 1.26 bits per heavy atom. The lowest BCUT2D eigenvalue weighted by Crippen LogP contribution is -2.59. The maximum atomic E-state index is 12.8. The Morgan fingerprint density at radius 2 is 0.870 bits per heavy atom. The van der Waals surface area contributed by atoms with Crippen molar-refractivity contribution >= 4 is 11.9 Å². The fourth-order valence-corrected chi connectivity index (χ4v) is 7.13. The average Bonchev–Trinajstić information content (AvgIpc) is 3.17. The molecule has 1 rings (SSSR count). The lowest BCUT2D eigenvalue weighted by Gasteiger charge is -2.39. The number of ether oxygens (including phenoxy) is 4. The smallest absolute Gasteiger partial charge is 0.306 e. The van der Waals surface area contributed by atoms with Crippen LogP contribution in [-0.2, 0) is 28.5 Å². The van der Waals surface area contributed by atoms with Crippen molar-refractivity contribution in [3.8, 4) is 0 Å². The first-order chi connectivity index (χ1) is 26.3. The van der Waals surface area contributed by atoms with Crippen molar-refractivity contribution in [3.63, 3.8) is 0 Å². The summed E-state index contributed by atoms with van der Waals surface area (Å²) in [7, 11) is 0. The molecular formula is C44H84O10. The van der Waals surface area contributed by atoms with Gasteiger partial charge in [0.15, 0.2) is 12.4 Å². The Labute approximate surface area is 329 Å². The van der Waals surface area contributed by atoms with Gasteiger partial charge in [0.2, 0.25) is 0 Å². The minimum atomic E-state index is -1.59. The fraction of sp³-hybridized carbons (Fsp3) is 0.955. The molecule has 0 aromatic rings. The van der Waals surface area contributed by atoms with E-state index in [-0.39, 0.29) is 32.0 Å². The Balaban J connectivity index is 2.29. The number of esters is 2. The van der Waals surface area contributed by atoms with E-state index in [0.29, 0.717) is 6.42 Å². The summed E-state index contributed by atoms with van der Waals surface area (Å²) in [6.45, 7) is 3.44. The van der Waals surface area contributed by atoms with Crippen molar-refractivity contribution in [2.24, 2.45) is 0 Å². The van der Waals surface area contributed by atoms with E-state index in [2.05, 4.69) is 13.8 Å². The second-order valence-corrected chi connectivity index (χ2v) is 15.9. The molecule has 10 nitrogen and oxygen atoms in total. The molecule has 1 saturated heterocycles. The Bertz CT molecular complexity index is 855. The van der Waals surface area contributed by atoms with Gasteiger partial charge in [-0.25, -0.2) is 0 Å². The van der Waals surface area contributed by atoms with E-state index in [9.17, 15) is 30.0 Å². The van der Waals surface area contributed by atoms with E-state index in [1.54, 1.807) is 0 Å². The molecule has 0 bridgehead atoms. The molecule has 6 atom stereocenters. The lowest BCUT2D eigenvalue weighted by atomic mass is 9.99. The van der Waals surface area contributed by atoms with E-state index in [0.717, 1.165) is 38.5 Å². The second-order valence-electron chi connectivity index (χ2n) is 15.9. The van der Waals surface area contributed by atoms with Crippen LogP contribution >= 0.6 is 0 Å². The Morgan fingerprint density at radius 1 is 0.500 bits per heavy atom. The molecule has 0 spiro atoms. The average molecular weight is 773 g/mol. The van der Waals surface area contributed by atoms with Crippen LogP contribution in [0.25, 0.3) is 0 Å². The van der Waals surface area contributed by atoms with Crippen molar-refractivity contribution in [3.05, 3.63) is 0 Å². The minimum absolute atomic E-state index is 0.209. The lowest BCUT2D eigenvalue weighted by molar-refractivity contribution is -0.305. The van der Waals surface area contributed by atoms with Crippen molar-refractivity contribution < 1.29 is 49.0 Å². The van der Waals surface area contributed by atoms with E-state index in [1.165, 1.54) is 141 Å². The molecule has 0 radical (unpaired) electrons. The number of hydrogen-bond donors (Lipinski definition) is 4. The molecule has 54 heavy (non-hydrogen) atoms. The van der Waals surface area contributed by atoms with Crippen LogP contribution in [0, 0.1) is 0 Å². The van der Waals surface area contributed by atoms with Gasteiger partial charge in [0, 0.05) is 12.8 Å². The van der Waals surface area contributed by atoms with Gasteiger partial charge in [-0.1, -0.05) is 187 Å². The summed E-state index contributed by atoms with van der Waals surface area (Å²) in [4.78, 5) is 25.3. The number of rotatable bonds is 38. The fourth-order valence-electron chi connectivity index (χ4n) is 7.13. The summed E-state index contributed by atoms with van der Waals surface area (Å²) in [5.41, 5.74) is 0. The summed E-state index contributed by atoms with van der Waals surface area (Å²) in [5, 5.41) is 40.0. The first-order valence-electron chi connectivity index (χ1n) is 22.6. The molecule has 0 saturated carbocycles. The number of carbonyl (C=O) groups is 2. The number of aliphatic hydroxyl groups is 4. The molecule has 0 aliphatic carbocycles. The van der Waals surface area contributed by atoms with Gasteiger partial charge in [-0.3, -0.25) is 9.59 Å². The zero-order valence-corrected chi connectivity index (χ0v) is 34.7. The van der Waals surface area contributed by atoms with Crippen LogP contribution in [0.5, 0.6) is 0 Å². The van der Waals surface area contributed by atoms with Crippen LogP contribution in [0.3, 0.4) is 0 Å². The summed E-state index contributed by atoms with van der Waals surface area (Å²) < 4.78 is 22.1. The predicted molar refractivity (Wildman–Crippen MR) is 215 cm³/mol.